The van der Waals surface area contributed by atoms with E-state index < -0.39 is 0 Å². The van der Waals surface area contributed by atoms with Crippen molar-refractivity contribution in [1.82, 2.24) is 9.78 Å². The van der Waals surface area contributed by atoms with E-state index in [-0.39, 0.29) is 0 Å². The number of hydrogen-bond acceptors (Lipinski definition) is 1. The lowest BCUT2D eigenvalue weighted by molar-refractivity contribution is 0.658. The SMILES string of the molecule is Cc1ccc(Cn2nc(C)c(Br)c2C)cc1. The van der Waals surface area contributed by atoms with Gasteiger partial charge in [0.15, 0.2) is 0 Å². The first-order chi connectivity index (χ1) is 7.58. The van der Waals surface area contributed by atoms with Gasteiger partial charge in [-0.25, -0.2) is 0 Å². The van der Waals surface area contributed by atoms with E-state index in [4.69, 9.17) is 0 Å². The summed E-state index contributed by atoms with van der Waals surface area (Å²) in [6, 6.07) is 8.57. The Hall–Kier alpha value is -1.09. The number of hydrogen-bond donors (Lipinski definition) is 0. The largest absolute Gasteiger partial charge is 0.264 e. The molecular formula is C13H15BrN2. The molecule has 0 spiro atoms. The van der Waals surface area contributed by atoms with Crippen LogP contribution in [0.1, 0.15) is 22.5 Å². The maximum absolute atomic E-state index is 4.50. The molecule has 2 aromatic rings. The Bertz CT molecular complexity index is 497. The molecule has 84 valence electrons. The molecule has 2 rings (SSSR count). The average molecular weight is 279 g/mol. The second-order valence-corrected chi connectivity index (χ2v) is 4.92. The number of aromatic nitrogens is 2. The zero-order valence-electron chi connectivity index (χ0n) is 9.79. The van der Waals surface area contributed by atoms with Gasteiger partial charge in [0.25, 0.3) is 0 Å². The van der Waals surface area contributed by atoms with Crippen molar-refractivity contribution >= 4 is 15.9 Å². The lowest BCUT2D eigenvalue weighted by Crippen LogP contribution is -2.03. The molecule has 16 heavy (non-hydrogen) atoms. The Morgan fingerprint density at radius 3 is 2.25 bits per heavy atom. The van der Waals surface area contributed by atoms with Crippen molar-refractivity contribution in [2.45, 2.75) is 27.3 Å². The van der Waals surface area contributed by atoms with E-state index >= 15 is 0 Å². The fourth-order valence-electron chi connectivity index (χ4n) is 1.70. The molecule has 0 aliphatic carbocycles. The van der Waals surface area contributed by atoms with Crippen LogP contribution in [-0.2, 0) is 6.54 Å². The summed E-state index contributed by atoms with van der Waals surface area (Å²) in [6.07, 6.45) is 0. The minimum Gasteiger partial charge on any atom is -0.264 e. The molecule has 0 unspecified atom stereocenters. The summed E-state index contributed by atoms with van der Waals surface area (Å²) < 4.78 is 3.14. The lowest BCUT2D eigenvalue weighted by Gasteiger charge is -2.05. The first kappa shape index (κ1) is 11.4. The molecule has 0 N–H and O–H groups in total. The first-order valence-electron chi connectivity index (χ1n) is 5.33. The molecule has 3 heteroatoms. The summed E-state index contributed by atoms with van der Waals surface area (Å²) in [4.78, 5) is 0. The van der Waals surface area contributed by atoms with Crippen LogP contribution in [0, 0.1) is 20.8 Å². The summed E-state index contributed by atoms with van der Waals surface area (Å²) in [6.45, 7) is 7.03. The Morgan fingerprint density at radius 2 is 1.75 bits per heavy atom. The van der Waals surface area contributed by atoms with Crippen molar-refractivity contribution in [3.8, 4) is 0 Å². The highest BCUT2D eigenvalue weighted by Gasteiger charge is 2.08. The highest BCUT2D eigenvalue weighted by molar-refractivity contribution is 9.10. The summed E-state index contributed by atoms with van der Waals surface area (Å²) in [5.41, 5.74) is 4.80. The van der Waals surface area contributed by atoms with Crippen molar-refractivity contribution in [3.05, 3.63) is 51.3 Å². The van der Waals surface area contributed by atoms with Crippen LogP contribution in [-0.4, -0.2) is 9.78 Å². The minimum absolute atomic E-state index is 0.832. The third-order valence-electron chi connectivity index (χ3n) is 2.75. The maximum Gasteiger partial charge on any atom is 0.0738 e. The van der Waals surface area contributed by atoms with Gasteiger partial charge in [-0.05, 0) is 42.3 Å². The van der Waals surface area contributed by atoms with Crippen LogP contribution in [0.2, 0.25) is 0 Å². The molecule has 1 aromatic heterocycles. The van der Waals surface area contributed by atoms with Crippen molar-refractivity contribution < 1.29 is 0 Å². The van der Waals surface area contributed by atoms with Gasteiger partial charge in [-0.15, -0.1) is 0 Å². The second kappa shape index (κ2) is 4.42. The molecule has 1 aromatic carbocycles. The molecule has 0 fully saturated rings. The van der Waals surface area contributed by atoms with Gasteiger partial charge in [0, 0.05) is 0 Å². The zero-order valence-corrected chi connectivity index (χ0v) is 11.4. The van der Waals surface area contributed by atoms with E-state index in [0.29, 0.717) is 0 Å². The van der Waals surface area contributed by atoms with Gasteiger partial charge in [-0.1, -0.05) is 29.8 Å². The van der Waals surface area contributed by atoms with Crippen LogP contribution in [0.3, 0.4) is 0 Å². The molecule has 0 bridgehead atoms. The number of rotatable bonds is 2. The third kappa shape index (κ3) is 2.19. The number of halogens is 1. The van der Waals surface area contributed by atoms with Gasteiger partial charge in [0.2, 0.25) is 0 Å². The number of benzene rings is 1. The van der Waals surface area contributed by atoms with Crippen LogP contribution < -0.4 is 0 Å². The highest BCUT2D eigenvalue weighted by Crippen LogP contribution is 2.20. The smallest absolute Gasteiger partial charge is 0.0738 e. The average Bonchev–Trinajstić information content (AvgIpc) is 2.50. The monoisotopic (exact) mass is 278 g/mol. The predicted octanol–water partition coefficient (Wildman–Crippen LogP) is 3.62. The van der Waals surface area contributed by atoms with Gasteiger partial charge in [-0.3, -0.25) is 4.68 Å². The lowest BCUT2D eigenvalue weighted by atomic mass is 10.1. The fraction of sp³-hybridized carbons (Fsp3) is 0.308. The van der Waals surface area contributed by atoms with Gasteiger partial charge < -0.3 is 0 Å². The van der Waals surface area contributed by atoms with Crippen LogP contribution in [0.15, 0.2) is 28.7 Å². The van der Waals surface area contributed by atoms with Crippen LogP contribution in [0.4, 0.5) is 0 Å². The highest BCUT2D eigenvalue weighted by atomic mass is 79.9. The minimum atomic E-state index is 0.832. The topological polar surface area (TPSA) is 17.8 Å². The van der Waals surface area contributed by atoms with Crippen LogP contribution in [0.25, 0.3) is 0 Å². The van der Waals surface area contributed by atoms with Gasteiger partial charge in [0.05, 0.1) is 22.4 Å². The van der Waals surface area contributed by atoms with E-state index in [2.05, 4.69) is 59.1 Å². The number of nitrogens with zero attached hydrogens (tertiary/aromatic N) is 2. The van der Waals surface area contributed by atoms with E-state index in [9.17, 15) is 0 Å². The Labute approximate surface area is 104 Å². The summed E-state index contributed by atoms with van der Waals surface area (Å²) >= 11 is 3.54. The summed E-state index contributed by atoms with van der Waals surface area (Å²) in [5, 5.41) is 4.50. The van der Waals surface area contributed by atoms with E-state index in [1.807, 2.05) is 11.6 Å². The maximum atomic E-state index is 4.50. The fourth-order valence-corrected chi connectivity index (χ4v) is 1.98. The van der Waals surface area contributed by atoms with Crippen molar-refractivity contribution in [1.29, 1.82) is 0 Å². The Kier molecular flexibility index (Phi) is 3.15. The van der Waals surface area contributed by atoms with E-state index in [0.717, 1.165) is 16.7 Å². The van der Waals surface area contributed by atoms with Crippen molar-refractivity contribution in [2.24, 2.45) is 0 Å². The van der Waals surface area contributed by atoms with Gasteiger partial charge in [-0.2, -0.15) is 5.10 Å². The third-order valence-corrected chi connectivity index (χ3v) is 3.89. The van der Waals surface area contributed by atoms with Gasteiger partial charge in [0.1, 0.15) is 0 Å². The van der Waals surface area contributed by atoms with Crippen molar-refractivity contribution in [3.63, 3.8) is 0 Å². The molecule has 0 aliphatic heterocycles. The zero-order chi connectivity index (χ0) is 11.7. The Balaban J connectivity index is 2.27. The van der Waals surface area contributed by atoms with E-state index in [1.54, 1.807) is 0 Å². The molecule has 0 radical (unpaired) electrons. The molecule has 0 saturated heterocycles. The molecule has 2 nitrogen and oxygen atoms in total. The number of aryl methyl sites for hydroxylation is 2. The van der Waals surface area contributed by atoms with Gasteiger partial charge >= 0.3 is 0 Å². The molecule has 0 atom stereocenters. The van der Waals surface area contributed by atoms with E-state index in [1.165, 1.54) is 16.8 Å². The first-order valence-corrected chi connectivity index (χ1v) is 6.12. The quantitative estimate of drug-likeness (QED) is 0.821. The summed E-state index contributed by atoms with van der Waals surface area (Å²) in [7, 11) is 0. The Morgan fingerprint density at radius 1 is 1.12 bits per heavy atom. The second-order valence-electron chi connectivity index (χ2n) is 4.13. The molecule has 0 aliphatic rings. The van der Waals surface area contributed by atoms with Crippen molar-refractivity contribution in [2.75, 3.05) is 0 Å². The molecule has 0 amide bonds. The molecular weight excluding hydrogens is 264 g/mol. The summed E-state index contributed by atoms with van der Waals surface area (Å²) in [5.74, 6) is 0. The van der Waals surface area contributed by atoms with Crippen LogP contribution >= 0.6 is 15.9 Å². The molecule has 1 heterocycles. The predicted molar refractivity (Wildman–Crippen MR) is 69.7 cm³/mol. The van der Waals surface area contributed by atoms with Crippen LogP contribution in [0.5, 0.6) is 0 Å². The standard InChI is InChI=1S/C13H15BrN2/c1-9-4-6-12(7-5-9)8-16-11(3)13(14)10(2)15-16/h4-7H,8H2,1-3H3. The normalized spacial score (nSPS) is 10.8. The molecule has 0 saturated carbocycles.